The van der Waals surface area contributed by atoms with Gasteiger partial charge in [-0.1, -0.05) is 29.8 Å². The molecule has 0 saturated carbocycles. The number of alkyl halides is 3. The lowest BCUT2D eigenvalue weighted by Gasteiger charge is -2.41. The van der Waals surface area contributed by atoms with Crippen LogP contribution in [-0.2, 0) is 23.8 Å². The molecule has 2 aromatic carbocycles. The van der Waals surface area contributed by atoms with E-state index in [0.29, 0.717) is 57.4 Å². The van der Waals surface area contributed by atoms with Crippen LogP contribution < -0.4 is 16.0 Å². The van der Waals surface area contributed by atoms with Crippen LogP contribution in [0, 0.1) is 11.8 Å². The Morgan fingerprint density at radius 1 is 0.922 bits per heavy atom. The van der Waals surface area contributed by atoms with Crippen LogP contribution in [0.1, 0.15) is 55.2 Å². The molecule has 0 unspecified atom stereocenters. The summed E-state index contributed by atoms with van der Waals surface area (Å²) in [4.78, 5) is 48.5. The molecule has 4 aliphatic rings. The fourth-order valence-corrected chi connectivity index (χ4v) is 8.70. The second-order valence-corrected chi connectivity index (χ2v) is 14.9. The Morgan fingerprint density at radius 2 is 1.55 bits per heavy atom. The number of halogens is 4. The SMILES string of the molecule is CNc1c(Cl)cc(C[C@@H](NC(=O)N2CCC(N3CCc4ccccc4NC3=O)CC2)C(=O)N2CCC(C3CCN(C)CC3)CC2)cc1C(F)(F)F. The van der Waals surface area contributed by atoms with Crippen LogP contribution in [0.15, 0.2) is 36.4 Å². The summed E-state index contributed by atoms with van der Waals surface area (Å²) in [6.45, 7) is 4.55. The number of amides is 5. The number of fused-ring (bicyclic) bond motifs is 1. The van der Waals surface area contributed by atoms with E-state index in [-0.39, 0.29) is 40.7 Å². The molecule has 0 aromatic heterocycles. The minimum Gasteiger partial charge on any atom is -0.386 e. The Kier molecular flexibility index (Phi) is 11.5. The van der Waals surface area contributed by atoms with E-state index < -0.39 is 23.8 Å². The van der Waals surface area contributed by atoms with E-state index in [1.165, 1.54) is 13.1 Å². The van der Waals surface area contributed by atoms with E-state index in [4.69, 9.17) is 11.6 Å². The number of urea groups is 2. The van der Waals surface area contributed by atoms with Crippen LogP contribution in [0.25, 0.3) is 0 Å². The lowest BCUT2D eigenvalue weighted by molar-refractivity contribution is -0.137. The number of carbonyl (C=O) groups is 3. The second kappa shape index (κ2) is 15.9. The van der Waals surface area contributed by atoms with Crippen molar-refractivity contribution in [2.45, 2.75) is 69.6 Å². The molecular formula is C37H49ClF3N7O3. The van der Waals surface area contributed by atoms with Crippen molar-refractivity contribution in [1.82, 2.24) is 24.9 Å². The number of hydrogen-bond donors (Lipinski definition) is 3. The highest BCUT2D eigenvalue weighted by Crippen LogP contribution is 2.40. The summed E-state index contributed by atoms with van der Waals surface area (Å²) in [7, 11) is 3.51. The van der Waals surface area contributed by atoms with Crippen molar-refractivity contribution < 1.29 is 27.6 Å². The van der Waals surface area contributed by atoms with Crippen molar-refractivity contribution in [3.8, 4) is 0 Å². The predicted molar refractivity (Wildman–Crippen MR) is 192 cm³/mol. The molecule has 14 heteroatoms. The number of hydrogen-bond acceptors (Lipinski definition) is 5. The molecule has 1 atom stereocenters. The van der Waals surface area contributed by atoms with Gasteiger partial charge < -0.3 is 35.6 Å². The molecule has 0 spiro atoms. The first kappa shape index (κ1) is 37.1. The molecule has 6 rings (SSSR count). The Morgan fingerprint density at radius 3 is 2.20 bits per heavy atom. The third kappa shape index (κ3) is 8.68. The maximum absolute atomic E-state index is 14.1. The van der Waals surface area contributed by atoms with Gasteiger partial charge in [0.05, 0.1) is 16.3 Å². The lowest BCUT2D eigenvalue weighted by atomic mass is 9.79. The van der Waals surface area contributed by atoms with E-state index >= 15 is 0 Å². The van der Waals surface area contributed by atoms with Crippen molar-refractivity contribution in [1.29, 1.82) is 0 Å². The number of rotatable bonds is 7. The fourth-order valence-electron chi connectivity index (χ4n) is 8.36. The van der Waals surface area contributed by atoms with Crippen molar-refractivity contribution in [3.63, 3.8) is 0 Å². The van der Waals surface area contributed by atoms with Crippen LogP contribution in [0.2, 0.25) is 5.02 Å². The third-order valence-electron chi connectivity index (χ3n) is 11.4. The Balaban J connectivity index is 1.13. The van der Waals surface area contributed by atoms with Crippen molar-refractivity contribution in [3.05, 3.63) is 58.1 Å². The Bertz CT molecular complexity index is 1570. The highest BCUT2D eigenvalue weighted by Gasteiger charge is 2.38. The molecule has 0 aliphatic carbocycles. The van der Waals surface area contributed by atoms with E-state index in [2.05, 4.69) is 27.9 Å². The fraction of sp³-hybridized carbons (Fsp3) is 0.595. The van der Waals surface area contributed by atoms with Gasteiger partial charge in [0, 0.05) is 57.9 Å². The largest absolute Gasteiger partial charge is 0.418 e. The summed E-state index contributed by atoms with van der Waals surface area (Å²) in [5.41, 5.74) is 0.939. The van der Waals surface area contributed by atoms with E-state index in [0.717, 1.165) is 62.5 Å². The molecule has 51 heavy (non-hydrogen) atoms. The number of benzene rings is 2. The monoisotopic (exact) mass is 731 g/mol. The number of piperidine rings is 3. The highest BCUT2D eigenvalue weighted by molar-refractivity contribution is 6.33. The van der Waals surface area contributed by atoms with E-state index in [1.807, 2.05) is 29.2 Å². The molecule has 4 aliphatic heterocycles. The number of anilines is 2. The van der Waals surface area contributed by atoms with Gasteiger partial charge in [0.2, 0.25) is 5.91 Å². The van der Waals surface area contributed by atoms with Gasteiger partial charge in [-0.3, -0.25) is 4.79 Å². The van der Waals surface area contributed by atoms with Gasteiger partial charge >= 0.3 is 18.2 Å². The van der Waals surface area contributed by atoms with Crippen molar-refractivity contribution in [2.24, 2.45) is 11.8 Å². The van der Waals surface area contributed by atoms with Crippen LogP contribution in [0.5, 0.6) is 0 Å². The number of nitrogens with zero attached hydrogens (tertiary/aromatic N) is 4. The van der Waals surface area contributed by atoms with Gasteiger partial charge in [-0.05, 0) is 106 Å². The maximum atomic E-state index is 14.1. The zero-order chi connectivity index (χ0) is 36.3. The standard InChI is InChI=1S/C37H49ClF3N7O3/c1-42-33-29(37(39,40)41)21-24(22-30(33)38)23-32(34(49)46-16-9-26(10-17-46)25-7-14-45(2)15-8-25)44-35(50)47-18-12-28(13-19-47)48-20-11-27-5-3-4-6-31(27)43-36(48)51/h3-6,21-22,25-26,28,32,42H,7-20,23H2,1-2H3,(H,43,51)(H,44,50)/t32-/m1/s1. The second-order valence-electron chi connectivity index (χ2n) is 14.5. The first-order valence-electron chi connectivity index (χ1n) is 18.2. The number of para-hydroxylation sites is 1. The van der Waals surface area contributed by atoms with Crippen molar-refractivity contribution in [2.75, 3.05) is 70.5 Å². The van der Waals surface area contributed by atoms with Gasteiger partial charge in [-0.2, -0.15) is 13.2 Å². The predicted octanol–water partition coefficient (Wildman–Crippen LogP) is 6.16. The summed E-state index contributed by atoms with van der Waals surface area (Å²) in [6, 6.07) is 8.44. The van der Waals surface area contributed by atoms with Crippen LogP contribution in [0.4, 0.5) is 34.1 Å². The van der Waals surface area contributed by atoms with Gasteiger partial charge in [0.15, 0.2) is 0 Å². The molecule has 5 amide bonds. The average Bonchev–Trinajstić information content (AvgIpc) is 3.29. The summed E-state index contributed by atoms with van der Waals surface area (Å²) >= 11 is 6.31. The average molecular weight is 732 g/mol. The molecule has 3 N–H and O–H groups in total. The molecular weight excluding hydrogens is 683 g/mol. The van der Waals surface area contributed by atoms with E-state index in [9.17, 15) is 27.6 Å². The van der Waals surface area contributed by atoms with Gasteiger partial charge in [-0.15, -0.1) is 0 Å². The lowest BCUT2D eigenvalue weighted by Crippen LogP contribution is -2.57. The number of likely N-dealkylation sites (tertiary alicyclic amines) is 3. The minimum atomic E-state index is -4.67. The zero-order valence-electron chi connectivity index (χ0n) is 29.4. The summed E-state index contributed by atoms with van der Waals surface area (Å²) in [5.74, 6) is 0.851. The third-order valence-corrected chi connectivity index (χ3v) is 11.7. The topological polar surface area (TPSA) is 100 Å². The molecule has 0 radical (unpaired) electrons. The molecule has 3 saturated heterocycles. The van der Waals surface area contributed by atoms with Gasteiger partial charge in [0.25, 0.3) is 0 Å². The quantitative estimate of drug-likeness (QED) is 0.317. The number of nitrogens with one attached hydrogen (secondary N) is 3. The Hall–Kier alpha value is -3.71. The summed E-state index contributed by atoms with van der Waals surface area (Å²) in [6.07, 6.45) is 1.06. The molecule has 0 bridgehead atoms. The molecule has 10 nitrogen and oxygen atoms in total. The van der Waals surface area contributed by atoms with Gasteiger partial charge in [-0.25, -0.2) is 9.59 Å². The first-order valence-corrected chi connectivity index (χ1v) is 18.5. The molecule has 3 fully saturated rings. The Labute approximate surface area is 303 Å². The van der Waals surface area contributed by atoms with Crippen LogP contribution in [0.3, 0.4) is 0 Å². The molecule has 4 heterocycles. The summed E-state index contributed by atoms with van der Waals surface area (Å²) < 4.78 is 42.1. The normalized spacial score (nSPS) is 20.7. The van der Waals surface area contributed by atoms with Gasteiger partial charge in [0.1, 0.15) is 6.04 Å². The first-order chi connectivity index (χ1) is 24.4. The smallest absolute Gasteiger partial charge is 0.386 e. The zero-order valence-corrected chi connectivity index (χ0v) is 30.2. The van der Waals surface area contributed by atoms with Crippen LogP contribution >= 0.6 is 11.6 Å². The maximum Gasteiger partial charge on any atom is 0.418 e. The summed E-state index contributed by atoms with van der Waals surface area (Å²) in [5, 5.41) is 8.34. The van der Waals surface area contributed by atoms with E-state index in [1.54, 1.807) is 9.80 Å². The number of carbonyl (C=O) groups excluding carboxylic acids is 3. The minimum absolute atomic E-state index is 0.0553. The van der Waals surface area contributed by atoms with Crippen LogP contribution in [-0.4, -0.2) is 110 Å². The van der Waals surface area contributed by atoms with Crippen molar-refractivity contribution >= 4 is 40.9 Å². The highest BCUT2D eigenvalue weighted by atomic mass is 35.5. The molecule has 2 aromatic rings. The molecule has 278 valence electrons.